The fourth-order valence-corrected chi connectivity index (χ4v) is 6.47. The zero-order valence-corrected chi connectivity index (χ0v) is 23.1. The van der Waals surface area contributed by atoms with Gasteiger partial charge in [0.2, 0.25) is 0 Å². The molecule has 2 atom stereocenters. The van der Waals surface area contributed by atoms with Crippen molar-refractivity contribution in [3.8, 4) is 0 Å². The number of tetrazole rings is 1. The predicted molar refractivity (Wildman–Crippen MR) is 149 cm³/mol. The molecule has 8 nitrogen and oxygen atoms in total. The number of nitrogens with two attached hydrogens (primary N) is 1. The van der Waals surface area contributed by atoms with E-state index in [0.717, 1.165) is 43.4 Å². The summed E-state index contributed by atoms with van der Waals surface area (Å²) in [6.45, 7) is 10.0. The van der Waals surface area contributed by atoms with Crippen molar-refractivity contribution in [2.75, 3.05) is 13.1 Å². The van der Waals surface area contributed by atoms with Crippen molar-refractivity contribution in [1.82, 2.24) is 31.3 Å². The van der Waals surface area contributed by atoms with E-state index >= 15 is 0 Å². The summed E-state index contributed by atoms with van der Waals surface area (Å²) in [7, 11) is 0. The molecule has 3 aromatic rings. The van der Waals surface area contributed by atoms with Crippen LogP contribution in [-0.4, -0.2) is 45.7 Å². The third-order valence-electron chi connectivity index (χ3n) is 8.76. The van der Waals surface area contributed by atoms with Crippen LogP contribution in [0.4, 0.5) is 0 Å². The van der Waals surface area contributed by atoms with Gasteiger partial charge in [-0.1, -0.05) is 42.8 Å². The van der Waals surface area contributed by atoms with Crippen LogP contribution in [0.2, 0.25) is 0 Å². The first-order chi connectivity index (χ1) is 18.3. The number of rotatable bonds is 9. The van der Waals surface area contributed by atoms with E-state index < -0.39 is 5.41 Å². The number of carbonyl (C=O) groups excluding carboxylic acids is 1. The number of aromatic nitrogens is 4. The van der Waals surface area contributed by atoms with Crippen molar-refractivity contribution < 1.29 is 4.79 Å². The van der Waals surface area contributed by atoms with Crippen LogP contribution >= 0.6 is 0 Å². The van der Waals surface area contributed by atoms with Crippen molar-refractivity contribution in [2.24, 2.45) is 11.7 Å². The SMILES string of the molecule is CCNC(=O)c1ccc2c(c1)CCc1cc(C(C)(C)NCC)ccc1C2(C[C@@H](N)C1CCC1)c1nn[nH]n1. The van der Waals surface area contributed by atoms with Crippen molar-refractivity contribution in [1.29, 1.82) is 0 Å². The first-order valence-electron chi connectivity index (χ1n) is 14.1. The van der Waals surface area contributed by atoms with Gasteiger partial charge in [0.25, 0.3) is 5.91 Å². The predicted octanol–water partition coefficient (Wildman–Crippen LogP) is 3.74. The van der Waals surface area contributed by atoms with E-state index in [2.05, 4.69) is 82.4 Å². The van der Waals surface area contributed by atoms with E-state index in [1.807, 2.05) is 13.0 Å². The summed E-state index contributed by atoms with van der Waals surface area (Å²) < 4.78 is 0. The Labute approximate surface area is 225 Å². The molecule has 1 unspecified atom stereocenters. The minimum atomic E-state index is -0.663. The molecule has 0 spiro atoms. The van der Waals surface area contributed by atoms with Gasteiger partial charge in [0, 0.05) is 23.7 Å². The van der Waals surface area contributed by atoms with Gasteiger partial charge in [0.15, 0.2) is 5.82 Å². The van der Waals surface area contributed by atoms with Crippen LogP contribution in [0.3, 0.4) is 0 Å². The number of benzene rings is 2. The summed E-state index contributed by atoms with van der Waals surface area (Å²) in [6, 6.07) is 12.9. The van der Waals surface area contributed by atoms with E-state index in [0.29, 0.717) is 30.3 Å². The average molecular weight is 516 g/mol. The molecule has 2 aliphatic rings. The van der Waals surface area contributed by atoms with Crippen LogP contribution < -0.4 is 16.4 Å². The Balaban J connectivity index is 1.73. The third kappa shape index (κ3) is 4.64. The van der Waals surface area contributed by atoms with Gasteiger partial charge < -0.3 is 16.4 Å². The highest BCUT2D eigenvalue weighted by atomic mass is 16.1. The maximum atomic E-state index is 12.8. The van der Waals surface area contributed by atoms with E-state index in [4.69, 9.17) is 5.73 Å². The first kappa shape index (κ1) is 26.5. The molecule has 38 heavy (non-hydrogen) atoms. The second-order valence-corrected chi connectivity index (χ2v) is 11.5. The number of nitrogens with one attached hydrogen (secondary N) is 3. The van der Waals surface area contributed by atoms with Crippen LogP contribution in [0, 0.1) is 5.92 Å². The van der Waals surface area contributed by atoms with E-state index in [1.54, 1.807) is 0 Å². The molecule has 1 fully saturated rings. The van der Waals surface area contributed by atoms with Gasteiger partial charge in [-0.2, -0.15) is 5.21 Å². The molecule has 8 heteroatoms. The van der Waals surface area contributed by atoms with E-state index in [-0.39, 0.29) is 17.5 Å². The van der Waals surface area contributed by atoms with Crippen LogP contribution in [0.25, 0.3) is 0 Å². The maximum absolute atomic E-state index is 12.8. The first-order valence-corrected chi connectivity index (χ1v) is 14.1. The third-order valence-corrected chi connectivity index (χ3v) is 8.76. The number of hydrogen-bond donors (Lipinski definition) is 4. The van der Waals surface area contributed by atoms with Gasteiger partial charge in [0.1, 0.15) is 0 Å². The summed E-state index contributed by atoms with van der Waals surface area (Å²) >= 11 is 0. The zero-order valence-electron chi connectivity index (χ0n) is 23.1. The lowest BCUT2D eigenvalue weighted by Crippen LogP contribution is -2.44. The molecule has 2 aliphatic carbocycles. The minimum Gasteiger partial charge on any atom is -0.352 e. The molecule has 1 aromatic heterocycles. The van der Waals surface area contributed by atoms with Gasteiger partial charge in [-0.25, -0.2) is 0 Å². The van der Waals surface area contributed by atoms with E-state index in [1.165, 1.54) is 23.1 Å². The van der Waals surface area contributed by atoms with E-state index in [9.17, 15) is 4.79 Å². The highest BCUT2D eigenvalue weighted by Crippen LogP contribution is 2.48. The monoisotopic (exact) mass is 515 g/mol. The Morgan fingerprint density at radius 1 is 1.11 bits per heavy atom. The van der Waals surface area contributed by atoms with Gasteiger partial charge in [-0.15, -0.1) is 10.2 Å². The summed E-state index contributed by atoms with van der Waals surface area (Å²) in [5, 5.41) is 22.5. The molecule has 0 radical (unpaired) electrons. The summed E-state index contributed by atoms with van der Waals surface area (Å²) in [5.74, 6) is 1.08. The van der Waals surface area contributed by atoms with Crippen molar-refractivity contribution >= 4 is 5.91 Å². The molecule has 5 rings (SSSR count). The summed E-state index contributed by atoms with van der Waals surface area (Å²) in [6.07, 6.45) is 5.92. The molecular weight excluding hydrogens is 474 g/mol. The quantitative estimate of drug-likeness (QED) is 0.344. The normalized spacial score (nSPS) is 20.1. The van der Waals surface area contributed by atoms with Gasteiger partial charge in [0.05, 0.1) is 5.41 Å². The lowest BCUT2D eigenvalue weighted by Gasteiger charge is -2.40. The number of aryl methyl sites for hydroxylation is 2. The molecule has 202 valence electrons. The molecule has 0 aliphatic heterocycles. The number of carbonyl (C=O) groups is 1. The number of hydrogen-bond acceptors (Lipinski definition) is 6. The molecule has 1 amide bonds. The van der Waals surface area contributed by atoms with Crippen LogP contribution in [0.15, 0.2) is 36.4 Å². The topological polar surface area (TPSA) is 122 Å². The number of amides is 1. The fraction of sp³-hybridized carbons (Fsp3) is 0.533. The average Bonchev–Trinajstić information content (AvgIpc) is 3.36. The second kappa shape index (κ2) is 10.6. The van der Waals surface area contributed by atoms with Crippen LogP contribution in [0.5, 0.6) is 0 Å². The summed E-state index contributed by atoms with van der Waals surface area (Å²) in [4.78, 5) is 12.8. The van der Waals surface area contributed by atoms with Crippen LogP contribution in [-0.2, 0) is 23.8 Å². The minimum absolute atomic E-state index is 0.00184. The van der Waals surface area contributed by atoms with Crippen molar-refractivity contribution in [2.45, 2.75) is 83.2 Å². The molecule has 5 N–H and O–H groups in total. The lowest BCUT2D eigenvalue weighted by molar-refractivity contribution is 0.0955. The smallest absolute Gasteiger partial charge is 0.251 e. The van der Waals surface area contributed by atoms with Gasteiger partial charge in [-0.3, -0.25) is 4.79 Å². The Morgan fingerprint density at radius 3 is 2.42 bits per heavy atom. The standard InChI is InChI=1S/C30H41N7O/c1-5-32-27(38)22-12-14-24-20(16-22)10-11-21-17-23(29(3,4)33-6-2)13-15-25(21)30(24,28-34-36-37-35-28)18-26(31)19-8-7-9-19/h12-17,19,26,33H,5-11,18,31H2,1-4H3,(H,32,38)(H,34,35,36,37)/t26-,30?/m1/s1. The highest BCUT2D eigenvalue weighted by Gasteiger charge is 2.47. The fourth-order valence-electron chi connectivity index (χ4n) is 6.47. The summed E-state index contributed by atoms with van der Waals surface area (Å²) in [5.41, 5.74) is 12.8. The zero-order chi connectivity index (χ0) is 26.9. The largest absolute Gasteiger partial charge is 0.352 e. The molecule has 0 saturated heterocycles. The molecular formula is C30H41N7O. The van der Waals surface area contributed by atoms with Crippen molar-refractivity contribution in [3.05, 3.63) is 75.6 Å². The Kier molecular flexibility index (Phi) is 7.38. The molecule has 0 bridgehead atoms. The van der Waals surface area contributed by atoms with Crippen molar-refractivity contribution in [3.63, 3.8) is 0 Å². The number of nitrogens with zero attached hydrogens (tertiary/aromatic N) is 3. The number of H-pyrrole nitrogens is 1. The number of fused-ring (bicyclic) bond motifs is 2. The molecule has 2 aromatic carbocycles. The van der Waals surface area contributed by atoms with Gasteiger partial charge in [-0.05, 0) is 105 Å². The second-order valence-electron chi connectivity index (χ2n) is 11.5. The molecule has 1 heterocycles. The number of aromatic amines is 1. The molecule has 1 saturated carbocycles. The Bertz CT molecular complexity index is 1280. The van der Waals surface area contributed by atoms with Gasteiger partial charge >= 0.3 is 0 Å². The van der Waals surface area contributed by atoms with Crippen LogP contribution in [0.1, 0.15) is 97.4 Å². The Hall–Kier alpha value is -3.10. The maximum Gasteiger partial charge on any atom is 0.251 e. The Morgan fingerprint density at radius 2 is 1.82 bits per heavy atom. The highest BCUT2D eigenvalue weighted by molar-refractivity contribution is 5.94. The lowest BCUT2D eigenvalue weighted by atomic mass is 9.64.